The van der Waals surface area contributed by atoms with E-state index in [4.69, 9.17) is 15.1 Å². The maximum atomic E-state index is 14.3. The minimum Gasteiger partial charge on any atom is -0.492 e. The van der Waals surface area contributed by atoms with Gasteiger partial charge in [0.2, 0.25) is 16.0 Å². The molecule has 0 aliphatic carbocycles. The molecule has 0 spiro atoms. The molecule has 0 fully saturated rings. The molecule has 1 aromatic heterocycles. The van der Waals surface area contributed by atoms with Gasteiger partial charge in [-0.15, -0.1) is 0 Å². The summed E-state index contributed by atoms with van der Waals surface area (Å²) in [4.78, 5) is 8.04. The molecule has 2 aromatic carbocycles. The van der Waals surface area contributed by atoms with E-state index < -0.39 is 15.8 Å². The Balaban J connectivity index is 1.78. The van der Waals surface area contributed by atoms with E-state index in [1.165, 1.54) is 24.3 Å². The predicted octanol–water partition coefficient (Wildman–Crippen LogP) is 3.66. The van der Waals surface area contributed by atoms with Gasteiger partial charge in [0.25, 0.3) is 0 Å². The van der Waals surface area contributed by atoms with Gasteiger partial charge in [-0.2, -0.15) is 10.2 Å². The van der Waals surface area contributed by atoms with Crippen LogP contribution in [0.25, 0.3) is 0 Å². The van der Waals surface area contributed by atoms with Crippen molar-refractivity contribution < 1.29 is 17.5 Å². The van der Waals surface area contributed by atoms with E-state index >= 15 is 0 Å². The summed E-state index contributed by atoms with van der Waals surface area (Å²) in [6.45, 7) is 4.00. The van der Waals surface area contributed by atoms with Crippen LogP contribution < -0.4 is 20.5 Å². The van der Waals surface area contributed by atoms with Gasteiger partial charge in [0, 0.05) is 11.4 Å². The van der Waals surface area contributed by atoms with Gasteiger partial charge < -0.3 is 15.4 Å². The van der Waals surface area contributed by atoms with Crippen molar-refractivity contribution in [1.82, 2.24) is 9.97 Å². The average Bonchev–Trinajstić information content (AvgIpc) is 2.72. The number of rotatable bonds is 8. The summed E-state index contributed by atoms with van der Waals surface area (Å²) in [5.41, 5.74) is 2.76. The molecule has 3 aromatic rings. The van der Waals surface area contributed by atoms with E-state index in [2.05, 4.69) is 20.6 Å². The highest BCUT2D eigenvalue weighted by Gasteiger charge is 2.12. The third kappa shape index (κ3) is 5.69. The lowest BCUT2D eigenvalue weighted by Crippen LogP contribution is -2.11. The molecule has 0 aliphatic rings. The number of primary sulfonamides is 1. The van der Waals surface area contributed by atoms with Crippen LogP contribution in [0.5, 0.6) is 5.75 Å². The Morgan fingerprint density at radius 1 is 1.12 bits per heavy atom. The van der Waals surface area contributed by atoms with E-state index in [-0.39, 0.29) is 23.1 Å². The number of ether oxygens (including phenoxy) is 1. The molecule has 4 N–H and O–H groups in total. The summed E-state index contributed by atoms with van der Waals surface area (Å²) in [5.74, 6) is 0.104. The second kappa shape index (κ2) is 9.59. The lowest BCUT2D eigenvalue weighted by atomic mass is 10.1. The number of aromatic nitrogens is 2. The van der Waals surface area contributed by atoms with E-state index in [1.807, 2.05) is 19.9 Å². The zero-order valence-electron chi connectivity index (χ0n) is 17.4. The van der Waals surface area contributed by atoms with Crippen molar-refractivity contribution in [3.63, 3.8) is 0 Å². The second-order valence-electron chi connectivity index (χ2n) is 6.91. The SMILES string of the molecule is Cc1cc(Nc2nc(Nc3ccc(S(N)(=O)=O)cc3)ncc2F)cc(C)c1OCCC#N. The molecule has 11 heteroatoms. The van der Waals surface area contributed by atoms with Crippen molar-refractivity contribution >= 4 is 33.2 Å². The fourth-order valence-corrected chi connectivity index (χ4v) is 3.47. The number of sulfonamides is 1. The number of nitriles is 1. The van der Waals surface area contributed by atoms with Crippen molar-refractivity contribution in [2.24, 2.45) is 5.14 Å². The first-order chi connectivity index (χ1) is 15.2. The smallest absolute Gasteiger partial charge is 0.238 e. The van der Waals surface area contributed by atoms with Gasteiger partial charge in [0.05, 0.1) is 23.6 Å². The van der Waals surface area contributed by atoms with Crippen LogP contribution in [0.3, 0.4) is 0 Å². The normalized spacial score (nSPS) is 11.0. The quantitative estimate of drug-likeness (QED) is 0.436. The first-order valence-electron chi connectivity index (χ1n) is 9.48. The van der Waals surface area contributed by atoms with Crippen molar-refractivity contribution in [2.45, 2.75) is 25.2 Å². The summed E-state index contributed by atoms with van der Waals surface area (Å²) < 4.78 is 42.7. The minimum atomic E-state index is -3.80. The largest absolute Gasteiger partial charge is 0.492 e. The van der Waals surface area contributed by atoms with Crippen molar-refractivity contribution in [2.75, 3.05) is 17.2 Å². The number of nitrogens with zero attached hydrogens (tertiary/aromatic N) is 3. The Kier molecular flexibility index (Phi) is 6.87. The van der Waals surface area contributed by atoms with Crippen LogP contribution in [0.2, 0.25) is 0 Å². The molecule has 0 amide bonds. The highest BCUT2D eigenvalue weighted by molar-refractivity contribution is 7.89. The number of anilines is 4. The Hall–Kier alpha value is -3.75. The van der Waals surface area contributed by atoms with Crippen molar-refractivity contribution in [1.29, 1.82) is 5.26 Å². The van der Waals surface area contributed by atoms with Crippen LogP contribution in [0.4, 0.5) is 27.5 Å². The summed E-state index contributed by atoms with van der Waals surface area (Å²) in [6.07, 6.45) is 1.31. The zero-order valence-corrected chi connectivity index (χ0v) is 18.2. The molecule has 0 radical (unpaired) electrons. The van der Waals surface area contributed by atoms with Crippen LogP contribution >= 0.6 is 0 Å². The highest BCUT2D eigenvalue weighted by atomic mass is 32.2. The Labute approximate surface area is 185 Å². The fraction of sp³-hybridized carbons (Fsp3) is 0.190. The molecule has 3 rings (SSSR count). The molecule has 0 saturated heterocycles. The molecule has 9 nitrogen and oxygen atoms in total. The lowest BCUT2D eigenvalue weighted by molar-refractivity contribution is 0.322. The third-order valence-corrected chi connectivity index (χ3v) is 5.30. The summed E-state index contributed by atoms with van der Waals surface area (Å²) in [6, 6.07) is 11.3. The van der Waals surface area contributed by atoms with E-state index in [0.717, 1.165) is 17.3 Å². The zero-order chi connectivity index (χ0) is 23.3. The molecule has 0 atom stereocenters. The van der Waals surface area contributed by atoms with Crippen LogP contribution in [0.15, 0.2) is 47.5 Å². The first kappa shape index (κ1) is 22.9. The summed E-state index contributed by atoms with van der Waals surface area (Å²) in [7, 11) is -3.80. The Morgan fingerprint density at radius 3 is 2.38 bits per heavy atom. The number of nitrogens with two attached hydrogens (primary N) is 1. The number of halogens is 1. The Morgan fingerprint density at radius 2 is 1.78 bits per heavy atom. The number of nitrogens with one attached hydrogen (secondary N) is 2. The monoisotopic (exact) mass is 456 g/mol. The second-order valence-corrected chi connectivity index (χ2v) is 8.47. The molecule has 0 bridgehead atoms. The number of hydrogen-bond donors (Lipinski definition) is 3. The number of hydrogen-bond acceptors (Lipinski definition) is 8. The maximum Gasteiger partial charge on any atom is 0.238 e. The van der Waals surface area contributed by atoms with E-state index in [9.17, 15) is 12.8 Å². The van der Waals surface area contributed by atoms with Crippen molar-refractivity contribution in [3.05, 3.63) is 59.5 Å². The van der Waals surface area contributed by atoms with E-state index in [0.29, 0.717) is 23.7 Å². The first-order valence-corrected chi connectivity index (χ1v) is 11.0. The highest BCUT2D eigenvalue weighted by Crippen LogP contribution is 2.29. The molecule has 0 unspecified atom stereocenters. The molecule has 166 valence electrons. The molecule has 0 saturated carbocycles. The Bertz CT molecular complexity index is 1250. The molecule has 0 aliphatic heterocycles. The van der Waals surface area contributed by atoms with Gasteiger partial charge in [-0.05, 0) is 61.4 Å². The minimum absolute atomic E-state index is 0.0313. The van der Waals surface area contributed by atoms with Crippen molar-refractivity contribution in [3.8, 4) is 11.8 Å². The molecular weight excluding hydrogens is 435 g/mol. The van der Waals surface area contributed by atoms with Gasteiger partial charge in [-0.1, -0.05) is 0 Å². The van der Waals surface area contributed by atoms with Crippen LogP contribution in [-0.2, 0) is 10.0 Å². The third-order valence-electron chi connectivity index (χ3n) is 4.37. The van der Waals surface area contributed by atoms with Gasteiger partial charge in [0.1, 0.15) is 12.4 Å². The van der Waals surface area contributed by atoms with Crippen LogP contribution in [-0.4, -0.2) is 25.0 Å². The van der Waals surface area contributed by atoms with Gasteiger partial charge in [-0.3, -0.25) is 0 Å². The summed E-state index contributed by atoms with van der Waals surface area (Å²) >= 11 is 0. The fourth-order valence-electron chi connectivity index (χ4n) is 2.96. The topological polar surface area (TPSA) is 143 Å². The molecule has 32 heavy (non-hydrogen) atoms. The van der Waals surface area contributed by atoms with Gasteiger partial charge >= 0.3 is 0 Å². The van der Waals surface area contributed by atoms with Gasteiger partial charge in [0.15, 0.2) is 11.6 Å². The van der Waals surface area contributed by atoms with E-state index in [1.54, 1.807) is 12.1 Å². The maximum absolute atomic E-state index is 14.3. The standard InChI is InChI=1S/C21H21FN6O3S/c1-13-10-16(11-14(2)19(13)31-9-3-8-23)26-20-18(22)12-25-21(28-20)27-15-4-6-17(7-5-15)32(24,29)30/h4-7,10-12H,3,9H2,1-2H3,(H2,24,29,30)(H2,25,26,27,28). The predicted molar refractivity (Wildman–Crippen MR) is 118 cm³/mol. The number of aryl methyl sites for hydroxylation is 2. The number of benzene rings is 2. The molecule has 1 heterocycles. The summed E-state index contributed by atoms with van der Waals surface area (Å²) in [5, 5.41) is 19.6. The lowest BCUT2D eigenvalue weighted by Gasteiger charge is -2.15. The molecular formula is C21H21FN6O3S. The van der Waals surface area contributed by atoms with Gasteiger partial charge in [-0.25, -0.2) is 22.9 Å². The average molecular weight is 457 g/mol. The van der Waals surface area contributed by atoms with Crippen LogP contribution in [0.1, 0.15) is 17.5 Å². The van der Waals surface area contributed by atoms with Crippen LogP contribution in [0, 0.1) is 31.0 Å².